The predicted octanol–water partition coefficient (Wildman–Crippen LogP) is 2.36. The topological polar surface area (TPSA) is 107 Å². The van der Waals surface area contributed by atoms with Gasteiger partial charge in [-0.2, -0.15) is 0 Å². The van der Waals surface area contributed by atoms with E-state index in [0.29, 0.717) is 16.7 Å². The van der Waals surface area contributed by atoms with Crippen molar-refractivity contribution in [3.05, 3.63) is 74.8 Å². The van der Waals surface area contributed by atoms with Crippen LogP contribution in [0.25, 0.3) is 0 Å². The third-order valence-corrected chi connectivity index (χ3v) is 4.08. The van der Waals surface area contributed by atoms with Crippen molar-refractivity contribution in [2.24, 2.45) is 0 Å². The quantitative estimate of drug-likeness (QED) is 0.353. The summed E-state index contributed by atoms with van der Waals surface area (Å²) in [6, 6.07) is 10.7. The smallest absolute Gasteiger partial charge is 0.345 e. The third-order valence-electron chi connectivity index (χ3n) is 4.08. The van der Waals surface area contributed by atoms with Gasteiger partial charge in [-0.05, 0) is 24.6 Å². The summed E-state index contributed by atoms with van der Waals surface area (Å²) in [5.74, 6) is -1.78. The molecule has 8 nitrogen and oxygen atoms in total. The van der Waals surface area contributed by atoms with E-state index in [2.05, 4.69) is 0 Å². The molecule has 1 aliphatic rings. The second kappa shape index (κ2) is 6.75. The van der Waals surface area contributed by atoms with Gasteiger partial charge in [0.25, 0.3) is 17.5 Å². The molecule has 0 bridgehead atoms. The lowest BCUT2D eigenvalue weighted by atomic mass is 10.1. The summed E-state index contributed by atoms with van der Waals surface area (Å²) in [5.41, 5.74) is 0.525. The molecule has 3 rings (SSSR count). The number of imide groups is 1. The number of fused-ring (bicyclic) bond motifs is 1. The fourth-order valence-electron chi connectivity index (χ4n) is 2.81. The van der Waals surface area contributed by atoms with E-state index in [0.717, 1.165) is 4.90 Å². The van der Waals surface area contributed by atoms with Crippen LogP contribution < -0.4 is 0 Å². The maximum atomic E-state index is 12.2. The van der Waals surface area contributed by atoms with Gasteiger partial charge < -0.3 is 4.74 Å². The Morgan fingerprint density at radius 2 is 1.69 bits per heavy atom. The minimum atomic E-state index is -0.869. The average molecular weight is 354 g/mol. The molecule has 2 aromatic carbocycles. The molecular weight excluding hydrogens is 340 g/mol. The lowest BCUT2D eigenvalue weighted by Crippen LogP contribution is -2.33. The Bertz CT molecular complexity index is 902. The Morgan fingerprint density at radius 1 is 1.08 bits per heavy atom. The molecule has 132 valence electrons. The van der Waals surface area contributed by atoms with Gasteiger partial charge >= 0.3 is 5.97 Å². The fourth-order valence-corrected chi connectivity index (χ4v) is 2.81. The molecule has 2 amide bonds. The molecule has 0 N–H and O–H groups in total. The van der Waals surface area contributed by atoms with E-state index in [4.69, 9.17) is 4.74 Å². The molecule has 0 saturated carbocycles. The van der Waals surface area contributed by atoms with E-state index in [1.807, 2.05) is 0 Å². The highest BCUT2D eigenvalue weighted by Crippen LogP contribution is 2.24. The van der Waals surface area contributed by atoms with Crippen LogP contribution in [0, 0.1) is 17.0 Å². The van der Waals surface area contributed by atoms with Crippen LogP contribution in [0.15, 0.2) is 42.5 Å². The molecule has 0 atom stereocenters. The van der Waals surface area contributed by atoms with Crippen molar-refractivity contribution in [3.8, 4) is 0 Å². The van der Waals surface area contributed by atoms with Gasteiger partial charge in [0.1, 0.15) is 12.2 Å². The number of nitrogens with zero attached hydrogens (tertiary/aromatic N) is 2. The summed E-state index contributed by atoms with van der Waals surface area (Å²) in [7, 11) is 0. The SMILES string of the molecule is Cc1cccc([N+](=O)[O-])c1C(=O)OCCN1C(=O)c2ccccc2C1=O. The monoisotopic (exact) mass is 354 g/mol. The molecule has 8 heteroatoms. The van der Waals surface area contributed by atoms with Crippen LogP contribution in [0.5, 0.6) is 0 Å². The summed E-state index contributed by atoms with van der Waals surface area (Å²) in [6.45, 7) is 1.18. The van der Waals surface area contributed by atoms with Gasteiger partial charge in [0, 0.05) is 6.07 Å². The Balaban J connectivity index is 1.69. The molecule has 0 aromatic heterocycles. The highest BCUT2D eigenvalue weighted by molar-refractivity contribution is 6.21. The van der Waals surface area contributed by atoms with Gasteiger partial charge in [0.2, 0.25) is 0 Å². The van der Waals surface area contributed by atoms with Gasteiger partial charge in [-0.25, -0.2) is 4.79 Å². The third kappa shape index (κ3) is 2.92. The van der Waals surface area contributed by atoms with Crippen molar-refractivity contribution in [2.45, 2.75) is 6.92 Å². The highest BCUT2D eigenvalue weighted by atomic mass is 16.6. The zero-order chi connectivity index (χ0) is 18.8. The number of rotatable bonds is 5. The lowest BCUT2D eigenvalue weighted by molar-refractivity contribution is -0.385. The first kappa shape index (κ1) is 17.3. The van der Waals surface area contributed by atoms with Crippen LogP contribution in [0.3, 0.4) is 0 Å². The van der Waals surface area contributed by atoms with Crippen molar-refractivity contribution in [2.75, 3.05) is 13.2 Å². The van der Waals surface area contributed by atoms with E-state index in [1.54, 1.807) is 37.3 Å². The number of esters is 1. The lowest BCUT2D eigenvalue weighted by Gasteiger charge is -2.14. The first-order valence-electron chi connectivity index (χ1n) is 7.78. The molecule has 2 aromatic rings. The average Bonchev–Trinajstić information content (AvgIpc) is 2.86. The Morgan fingerprint density at radius 3 is 2.27 bits per heavy atom. The van der Waals surface area contributed by atoms with Crippen LogP contribution in [0.4, 0.5) is 5.69 Å². The standard InChI is InChI=1S/C18H14N2O6/c1-11-5-4-8-14(20(24)25)15(11)18(23)26-10-9-19-16(21)12-6-2-3-7-13(12)17(19)22/h2-8H,9-10H2,1H3. The number of benzene rings is 2. The maximum Gasteiger partial charge on any atom is 0.345 e. The van der Waals surface area contributed by atoms with Crippen LogP contribution in [0.2, 0.25) is 0 Å². The van der Waals surface area contributed by atoms with E-state index in [1.165, 1.54) is 12.1 Å². The van der Waals surface area contributed by atoms with Crippen LogP contribution in [-0.4, -0.2) is 40.8 Å². The van der Waals surface area contributed by atoms with Gasteiger partial charge in [0.05, 0.1) is 22.6 Å². The van der Waals surface area contributed by atoms with E-state index in [9.17, 15) is 24.5 Å². The van der Waals surface area contributed by atoms with Crippen molar-refractivity contribution in [1.29, 1.82) is 0 Å². The number of nitro groups is 1. The van der Waals surface area contributed by atoms with Crippen LogP contribution in [0.1, 0.15) is 36.6 Å². The molecule has 1 aliphatic heterocycles. The molecule has 0 fully saturated rings. The second-order valence-corrected chi connectivity index (χ2v) is 5.67. The number of carbonyl (C=O) groups is 3. The summed E-state index contributed by atoms with van der Waals surface area (Å²) in [4.78, 5) is 48.1. The van der Waals surface area contributed by atoms with Crippen molar-refractivity contribution in [3.63, 3.8) is 0 Å². The number of ether oxygens (including phenoxy) is 1. The van der Waals surface area contributed by atoms with Gasteiger partial charge in [-0.3, -0.25) is 24.6 Å². The van der Waals surface area contributed by atoms with Crippen molar-refractivity contribution < 1.29 is 24.0 Å². The molecule has 0 aliphatic carbocycles. The van der Waals surface area contributed by atoms with Crippen LogP contribution in [-0.2, 0) is 4.74 Å². The molecule has 0 radical (unpaired) electrons. The number of nitro benzene ring substituents is 1. The number of carbonyl (C=O) groups excluding carboxylic acids is 3. The maximum absolute atomic E-state index is 12.2. The van der Waals surface area contributed by atoms with Crippen LogP contribution >= 0.6 is 0 Å². The summed E-state index contributed by atoms with van der Waals surface area (Å²) in [6.07, 6.45) is 0. The van der Waals surface area contributed by atoms with Crippen molar-refractivity contribution in [1.82, 2.24) is 4.90 Å². The molecule has 0 spiro atoms. The number of hydrogen-bond donors (Lipinski definition) is 0. The molecule has 0 unspecified atom stereocenters. The molecule has 0 saturated heterocycles. The zero-order valence-corrected chi connectivity index (χ0v) is 13.8. The Hall–Kier alpha value is -3.55. The number of aryl methyl sites for hydroxylation is 1. The zero-order valence-electron chi connectivity index (χ0n) is 13.8. The minimum Gasteiger partial charge on any atom is -0.460 e. The summed E-state index contributed by atoms with van der Waals surface area (Å²) >= 11 is 0. The predicted molar refractivity (Wildman–Crippen MR) is 89.9 cm³/mol. The fraction of sp³-hybridized carbons (Fsp3) is 0.167. The Kier molecular flexibility index (Phi) is 4.49. The van der Waals surface area contributed by atoms with E-state index < -0.39 is 22.7 Å². The normalized spacial score (nSPS) is 12.9. The summed E-state index contributed by atoms with van der Waals surface area (Å²) in [5, 5.41) is 11.1. The van der Waals surface area contributed by atoms with Gasteiger partial charge in [-0.15, -0.1) is 0 Å². The van der Waals surface area contributed by atoms with E-state index >= 15 is 0 Å². The summed E-state index contributed by atoms with van der Waals surface area (Å²) < 4.78 is 5.07. The first-order valence-corrected chi connectivity index (χ1v) is 7.78. The largest absolute Gasteiger partial charge is 0.460 e. The molecular formula is C18H14N2O6. The second-order valence-electron chi connectivity index (χ2n) is 5.67. The van der Waals surface area contributed by atoms with Gasteiger partial charge in [0.15, 0.2) is 0 Å². The molecule has 26 heavy (non-hydrogen) atoms. The minimum absolute atomic E-state index is 0.127. The number of amides is 2. The highest BCUT2D eigenvalue weighted by Gasteiger charge is 2.35. The number of hydrogen-bond acceptors (Lipinski definition) is 6. The van der Waals surface area contributed by atoms with Gasteiger partial charge in [-0.1, -0.05) is 24.3 Å². The molecule has 1 heterocycles. The Labute approximate surface area is 148 Å². The van der Waals surface area contributed by atoms with Crippen molar-refractivity contribution >= 4 is 23.5 Å². The first-order chi connectivity index (χ1) is 12.4. The van der Waals surface area contributed by atoms with E-state index in [-0.39, 0.29) is 24.4 Å².